The van der Waals surface area contributed by atoms with E-state index in [2.05, 4.69) is 19.7 Å². The third kappa shape index (κ3) is 4.84. The largest absolute Gasteiger partial charge is 0.433 e. The Balaban J connectivity index is 1.91. The van der Waals surface area contributed by atoms with Crippen LogP contribution in [0.5, 0.6) is 5.75 Å². The van der Waals surface area contributed by atoms with Crippen molar-refractivity contribution in [1.29, 1.82) is 0 Å². The summed E-state index contributed by atoms with van der Waals surface area (Å²) in [6.07, 6.45) is 0. The van der Waals surface area contributed by atoms with Gasteiger partial charge in [-0.2, -0.15) is 8.78 Å². The number of nitrogens with one attached hydrogen (secondary N) is 2. The second-order valence-electron chi connectivity index (χ2n) is 6.31. The molecule has 10 heteroatoms. The van der Waals surface area contributed by atoms with Crippen molar-refractivity contribution in [3.8, 4) is 5.75 Å². The van der Waals surface area contributed by atoms with Crippen LogP contribution in [0.1, 0.15) is 5.56 Å². The molecule has 0 bridgehead atoms. The van der Waals surface area contributed by atoms with E-state index in [1.165, 1.54) is 6.07 Å². The van der Waals surface area contributed by atoms with Crippen LogP contribution in [-0.2, 0) is 10.0 Å². The molecule has 6 nitrogen and oxygen atoms in total. The van der Waals surface area contributed by atoms with Crippen molar-refractivity contribution in [2.75, 3.05) is 35.8 Å². The summed E-state index contributed by atoms with van der Waals surface area (Å²) in [5.74, 6) is -0.510. The smallest absolute Gasteiger partial charge is 0.387 e. The summed E-state index contributed by atoms with van der Waals surface area (Å²) in [6.45, 7) is 2.07. The average Bonchev–Trinajstić information content (AvgIpc) is 2.63. The normalized spacial score (nSPS) is 15.0. The lowest BCUT2D eigenvalue weighted by Gasteiger charge is -2.31. The second-order valence-corrected chi connectivity index (χ2v) is 8.40. The molecule has 0 unspecified atom stereocenters. The lowest BCUT2D eigenvalue weighted by Crippen LogP contribution is -2.43. The van der Waals surface area contributed by atoms with Gasteiger partial charge in [0.25, 0.3) is 10.0 Å². The van der Waals surface area contributed by atoms with Crippen LogP contribution in [0.2, 0.25) is 5.02 Å². The van der Waals surface area contributed by atoms with Gasteiger partial charge in [-0.15, -0.1) is 0 Å². The molecule has 0 atom stereocenters. The molecule has 0 radical (unpaired) electrons. The number of rotatable bonds is 6. The Hall–Kier alpha value is -2.10. The number of sulfonamides is 1. The van der Waals surface area contributed by atoms with E-state index in [-0.39, 0.29) is 5.02 Å². The van der Waals surface area contributed by atoms with Gasteiger partial charge in [0.1, 0.15) is 10.6 Å². The Morgan fingerprint density at radius 1 is 1.18 bits per heavy atom. The van der Waals surface area contributed by atoms with Crippen molar-refractivity contribution in [3.05, 3.63) is 47.0 Å². The van der Waals surface area contributed by atoms with Crippen molar-refractivity contribution in [2.24, 2.45) is 0 Å². The zero-order chi connectivity index (χ0) is 20.3. The fourth-order valence-electron chi connectivity index (χ4n) is 3.02. The van der Waals surface area contributed by atoms with E-state index in [0.29, 0.717) is 5.69 Å². The molecule has 3 rings (SSSR count). The molecule has 28 heavy (non-hydrogen) atoms. The van der Waals surface area contributed by atoms with Crippen molar-refractivity contribution in [2.45, 2.75) is 18.4 Å². The summed E-state index contributed by atoms with van der Waals surface area (Å²) in [6, 6.07) is 8.66. The fourth-order valence-corrected chi connectivity index (χ4v) is 4.35. The SMILES string of the molecule is Cc1ccc(NS(=O)(=O)c2ccc(Cl)cc2OC(F)F)cc1N1CCNCC1. The van der Waals surface area contributed by atoms with E-state index in [1.807, 2.05) is 13.0 Å². The minimum atomic E-state index is -4.16. The van der Waals surface area contributed by atoms with Crippen molar-refractivity contribution >= 4 is 33.0 Å². The van der Waals surface area contributed by atoms with E-state index in [4.69, 9.17) is 11.6 Å². The lowest BCUT2D eigenvalue weighted by molar-refractivity contribution is -0.0517. The number of piperazine rings is 1. The first-order chi connectivity index (χ1) is 13.3. The van der Waals surface area contributed by atoms with Gasteiger partial charge >= 0.3 is 6.61 Å². The van der Waals surface area contributed by atoms with Crippen LogP contribution in [0.4, 0.5) is 20.2 Å². The van der Waals surface area contributed by atoms with Gasteiger partial charge < -0.3 is 15.0 Å². The van der Waals surface area contributed by atoms with Gasteiger partial charge in [0.05, 0.1) is 5.69 Å². The molecule has 1 saturated heterocycles. The molecular formula is C18H20ClF2N3O3S. The predicted molar refractivity (Wildman–Crippen MR) is 105 cm³/mol. The molecule has 1 aliphatic rings. The Kier molecular flexibility index (Phi) is 6.26. The number of halogens is 3. The Morgan fingerprint density at radius 2 is 1.89 bits per heavy atom. The zero-order valence-corrected chi connectivity index (χ0v) is 16.7. The first-order valence-corrected chi connectivity index (χ1v) is 10.5. The standard InChI is InChI=1S/C18H20ClF2N3O3S/c1-12-2-4-14(11-15(12)24-8-6-22-7-9-24)23-28(25,26)17-5-3-13(19)10-16(17)27-18(20)21/h2-5,10-11,18,22-23H,6-9H2,1H3. The van der Waals surface area contributed by atoms with E-state index in [9.17, 15) is 17.2 Å². The second kappa shape index (κ2) is 8.50. The number of hydrogen-bond acceptors (Lipinski definition) is 5. The monoisotopic (exact) mass is 431 g/mol. The minimum absolute atomic E-state index is 0.0888. The summed E-state index contributed by atoms with van der Waals surface area (Å²) < 4.78 is 57.7. The topological polar surface area (TPSA) is 70.7 Å². The van der Waals surface area contributed by atoms with Crippen LogP contribution in [0.15, 0.2) is 41.3 Å². The lowest BCUT2D eigenvalue weighted by atomic mass is 10.1. The molecule has 0 aliphatic carbocycles. The summed E-state index contributed by atoms with van der Waals surface area (Å²) in [7, 11) is -4.16. The minimum Gasteiger partial charge on any atom is -0.433 e. The van der Waals surface area contributed by atoms with Gasteiger partial charge in [0.15, 0.2) is 0 Å². The maximum absolute atomic E-state index is 12.8. The summed E-state index contributed by atoms with van der Waals surface area (Å²) in [5.41, 5.74) is 2.26. The van der Waals surface area contributed by atoms with Crippen molar-refractivity contribution < 1.29 is 21.9 Å². The first kappa shape index (κ1) is 20.6. The van der Waals surface area contributed by atoms with E-state index < -0.39 is 27.3 Å². The molecule has 1 aliphatic heterocycles. The highest BCUT2D eigenvalue weighted by Gasteiger charge is 2.23. The highest BCUT2D eigenvalue weighted by molar-refractivity contribution is 7.92. The number of nitrogens with zero attached hydrogens (tertiary/aromatic N) is 1. The number of anilines is 2. The van der Waals surface area contributed by atoms with Gasteiger partial charge in [-0.3, -0.25) is 4.72 Å². The molecule has 0 aromatic heterocycles. The van der Waals surface area contributed by atoms with Crippen molar-refractivity contribution in [3.63, 3.8) is 0 Å². The van der Waals surface area contributed by atoms with Crippen LogP contribution >= 0.6 is 11.6 Å². The van der Waals surface area contributed by atoms with E-state index in [0.717, 1.165) is 49.6 Å². The highest BCUT2D eigenvalue weighted by atomic mass is 35.5. The maximum Gasteiger partial charge on any atom is 0.387 e. The molecule has 2 aromatic carbocycles. The quantitative estimate of drug-likeness (QED) is 0.733. The van der Waals surface area contributed by atoms with Gasteiger partial charge in [0, 0.05) is 43.0 Å². The van der Waals surface area contributed by atoms with Crippen LogP contribution in [0.3, 0.4) is 0 Å². The summed E-state index contributed by atoms with van der Waals surface area (Å²) >= 11 is 5.78. The van der Waals surface area contributed by atoms with E-state index >= 15 is 0 Å². The van der Waals surface area contributed by atoms with Gasteiger partial charge in [-0.05, 0) is 36.8 Å². The molecule has 2 aromatic rings. The molecule has 152 valence electrons. The van der Waals surface area contributed by atoms with Crippen molar-refractivity contribution in [1.82, 2.24) is 5.32 Å². The molecule has 0 spiro atoms. The average molecular weight is 432 g/mol. The first-order valence-electron chi connectivity index (χ1n) is 8.60. The molecule has 1 fully saturated rings. The third-order valence-electron chi connectivity index (χ3n) is 4.33. The Morgan fingerprint density at radius 3 is 2.57 bits per heavy atom. The third-order valence-corrected chi connectivity index (χ3v) is 5.99. The van der Waals surface area contributed by atoms with Crippen LogP contribution in [0.25, 0.3) is 0 Å². The number of hydrogen-bond donors (Lipinski definition) is 2. The molecule has 2 N–H and O–H groups in total. The number of benzene rings is 2. The van der Waals surface area contributed by atoms with E-state index in [1.54, 1.807) is 12.1 Å². The predicted octanol–water partition coefficient (Wildman–Crippen LogP) is 3.46. The summed E-state index contributed by atoms with van der Waals surface area (Å²) in [5, 5.41) is 3.35. The highest BCUT2D eigenvalue weighted by Crippen LogP contribution is 2.31. The fraction of sp³-hybridized carbons (Fsp3) is 0.333. The number of aryl methyl sites for hydroxylation is 1. The van der Waals surface area contributed by atoms with Gasteiger partial charge in [-0.1, -0.05) is 17.7 Å². The Bertz CT molecular complexity index is 951. The van der Waals surface area contributed by atoms with Crippen LogP contribution < -0.4 is 19.7 Å². The summed E-state index contributed by atoms with van der Waals surface area (Å²) in [4.78, 5) is 1.75. The van der Waals surface area contributed by atoms with Crippen LogP contribution in [-0.4, -0.2) is 41.2 Å². The maximum atomic E-state index is 12.8. The number of alkyl halides is 2. The van der Waals surface area contributed by atoms with Gasteiger partial charge in [0.2, 0.25) is 0 Å². The molecular weight excluding hydrogens is 412 g/mol. The number of ether oxygens (including phenoxy) is 1. The zero-order valence-electron chi connectivity index (χ0n) is 15.1. The molecule has 0 amide bonds. The Labute approximate surface area is 167 Å². The molecule has 0 saturated carbocycles. The van der Waals surface area contributed by atoms with Crippen LogP contribution in [0, 0.1) is 6.92 Å². The van der Waals surface area contributed by atoms with Gasteiger partial charge in [-0.25, -0.2) is 8.42 Å². The molecule has 1 heterocycles.